The van der Waals surface area contributed by atoms with E-state index in [2.05, 4.69) is 13.8 Å². The lowest BCUT2D eigenvalue weighted by molar-refractivity contribution is -0.142. The van der Waals surface area contributed by atoms with E-state index in [0.29, 0.717) is 6.42 Å². The van der Waals surface area contributed by atoms with Crippen molar-refractivity contribution < 1.29 is 19.1 Å². The van der Waals surface area contributed by atoms with Gasteiger partial charge in [-0.3, -0.25) is 9.59 Å². The highest BCUT2D eigenvalue weighted by Gasteiger charge is 2.64. The third kappa shape index (κ3) is 2.62. The zero-order chi connectivity index (χ0) is 19.7. The highest BCUT2D eigenvalue weighted by Crippen LogP contribution is 2.67. The fourth-order valence-corrected chi connectivity index (χ4v) is 7.57. The van der Waals surface area contributed by atoms with Gasteiger partial charge in [0.2, 0.25) is 5.63 Å². The lowest BCUT2D eigenvalue weighted by Crippen LogP contribution is -2.56. The van der Waals surface area contributed by atoms with Crippen molar-refractivity contribution in [3.8, 4) is 0 Å². The molecule has 3 saturated carbocycles. The largest absolute Gasteiger partial charge is 0.393 e. The van der Waals surface area contributed by atoms with E-state index in [1.165, 1.54) is 0 Å². The second kappa shape index (κ2) is 6.25. The normalized spacial score (nSPS) is 49.7. The minimum Gasteiger partial charge on any atom is -0.393 e. The third-order valence-electron chi connectivity index (χ3n) is 8.36. The summed E-state index contributed by atoms with van der Waals surface area (Å²) in [4.78, 5) is 24.4. The predicted octanol–water partition coefficient (Wildman–Crippen LogP) is 4.23. The Morgan fingerprint density at radius 1 is 1.41 bits per heavy atom. The number of aliphatic hydroxyl groups excluding tert-OH is 1. The Hall–Kier alpha value is -1.00. The summed E-state index contributed by atoms with van der Waals surface area (Å²) in [6, 6.07) is 0. The van der Waals surface area contributed by atoms with E-state index in [9.17, 15) is 19.1 Å². The van der Waals surface area contributed by atoms with Crippen LogP contribution in [0.4, 0.5) is 4.39 Å². The van der Waals surface area contributed by atoms with E-state index in [0.717, 1.165) is 24.8 Å². The van der Waals surface area contributed by atoms with Gasteiger partial charge in [0, 0.05) is 17.3 Å². The quantitative estimate of drug-likeness (QED) is 0.713. The first-order valence-corrected chi connectivity index (χ1v) is 10.5. The number of hydrogen-bond donors (Lipinski definition) is 1. The molecular weight excluding hydrogens is 367 g/mol. The molecule has 4 aliphatic carbocycles. The number of rotatable bonds is 2. The molecule has 3 nitrogen and oxygen atoms in total. The summed E-state index contributed by atoms with van der Waals surface area (Å²) in [7, 11) is 0. The summed E-state index contributed by atoms with van der Waals surface area (Å²) in [6.07, 6.45) is 7.83. The van der Waals surface area contributed by atoms with E-state index in [-0.39, 0.29) is 34.9 Å². The van der Waals surface area contributed by atoms with Crippen LogP contribution >= 0.6 is 11.6 Å². The van der Waals surface area contributed by atoms with E-state index in [1.54, 1.807) is 12.2 Å². The molecule has 0 aromatic rings. The van der Waals surface area contributed by atoms with Crippen LogP contribution in [0.1, 0.15) is 46.5 Å². The van der Waals surface area contributed by atoms with Gasteiger partial charge in [-0.1, -0.05) is 44.0 Å². The summed E-state index contributed by atoms with van der Waals surface area (Å²) in [5.74, 6) is -0.347. The van der Waals surface area contributed by atoms with Crippen LogP contribution in [0.25, 0.3) is 0 Å². The van der Waals surface area contributed by atoms with Gasteiger partial charge in [-0.25, -0.2) is 4.39 Å². The van der Waals surface area contributed by atoms with Crippen molar-refractivity contribution in [2.24, 2.45) is 40.4 Å². The fourth-order valence-electron chi connectivity index (χ4n) is 7.43. The van der Waals surface area contributed by atoms with Crippen molar-refractivity contribution in [3.63, 3.8) is 0 Å². The zero-order valence-corrected chi connectivity index (χ0v) is 16.9. The summed E-state index contributed by atoms with van der Waals surface area (Å²) >= 11 is 5.54. The molecule has 0 bridgehead atoms. The van der Waals surface area contributed by atoms with Crippen molar-refractivity contribution in [1.82, 2.24) is 0 Å². The van der Waals surface area contributed by atoms with E-state index >= 15 is 0 Å². The molecule has 1 unspecified atom stereocenters. The Balaban J connectivity index is 1.73. The van der Waals surface area contributed by atoms with Gasteiger partial charge in [-0.05, 0) is 61.0 Å². The summed E-state index contributed by atoms with van der Waals surface area (Å²) in [5, 5.41) is 11.2. The Kier molecular flexibility index (Phi) is 4.47. The van der Waals surface area contributed by atoms with Crippen LogP contribution < -0.4 is 0 Å². The van der Waals surface area contributed by atoms with Crippen LogP contribution in [-0.2, 0) is 9.59 Å². The number of carbonyl (C=O) groups excluding carboxylic acids is 2. The molecule has 5 heteroatoms. The summed E-state index contributed by atoms with van der Waals surface area (Å²) in [6.45, 7) is 6.19. The second-order valence-electron chi connectivity index (χ2n) is 9.69. The van der Waals surface area contributed by atoms with Gasteiger partial charge >= 0.3 is 0 Å². The van der Waals surface area contributed by atoms with Gasteiger partial charge in [0.15, 0.2) is 11.6 Å². The number of alkyl halides is 2. The van der Waals surface area contributed by atoms with E-state index in [4.69, 9.17) is 11.6 Å². The van der Waals surface area contributed by atoms with Crippen LogP contribution in [0.2, 0.25) is 0 Å². The molecule has 0 spiro atoms. The molecule has 0 radical (unpaired) electrons. The second-order valence-corrected chi connectivity index (χ2v) is 10.1. The first kappa shape index (κ1) is 19.3. The lowest BCUT2D eigenvalue weighted by atomic mass is 9.46. The molecule has 148 valence electrons. The predicted molar refractivity (Wildman–Crippen MR) is 102 cm³/mol. The average molecular weight is 395 g/mol. The lowest BCUT2D eigenvalue weighted by Gasteiger charge is -2.58. The van der Waals surface area contributed by atoms with Gasteiger partial charge in [-0.15, -0.1) is 0 Å². The smallest absolute Gasteiger partial charge is 0.231 e. The van der Waals surface area contributed by atoms with Crippen LogP contribution in [0.3, 0.4) is 0 Å². The zero-order valence-electron chi connectivity index (χ0n) is 16.1. The molecule has 0 heterocycles. The highest BCUT2D eigenvalue weighted by molar-refractivity contribution is 6.30. The number of halogens is 2. The Labute approximate surface area is 165 Å². The molecular formula is C22H28ClFO3. The van der Waals surface area contributed by atoms with Gasteiger partial charge in [0.25, 0.3) is 0 Å². The van der Waals surface area contributed by atoms with Gasteiger partial charge < -0.3 is 5.11 Å². The van der Waals surface area contributed by atoms with E-state index < -0.39 is 28.9 Å². The maximum absolute atomic E-state index is 13.7. The highest BCUT2D eigenvalue weighted by atomic mass is 35.5. The first-order chi connectivity index (χ1) is 12.6. The molecule has 0 amide bonds. The third-order valence-corrected chi connectivity index (χ3v) is 8.57. The SMILES string of the molecule is C[C@H]1C[C@H]2[C@@H]3CCC4=CC(=O)C=C[C@]4(C)[C@H]3[C@H](O)C[C@]2(C)[C@H]1C(=O)C(F)Cl. The van der Waals surface area contributed by atoms with Crippen molar-refractivity contribution in [1.29, 1.82) is 0 Å². The van der Waals surface area contributed by atoms with Crippen molar-refractivity contribution in [3.05, 3.63) is 23.8 Å². The van der Waals surface area contributed by atoms with E-state index in [1.807, 2.05) is 13.0 Å². The summed E-state index contributed by atoms with van der Waals surface area (Å²) in [5.41, 5.74) is -1.61. The molecule has 0 saturated heterocycles. The molecule has 4 aliphatic rings. The molecule has 1 N–H and O–H groups in total. The topological polar surface area (TPSA) is 54.4 Å². The van der Waals surface area contributed by atoms with Crippen LogP contribution in [0, 0.1) is 40.4 Å². The molecule has 4 rings (SSSR count). The van der Waals surface area contributed by atoms with Crippen LogP contribution in [0.5, 0.6) is 0 Å². The van der Waals surface area contributed by atoms with Crippen LogP contribution in [-0.4, -0.2) is 28.4 Å². The molecule has 0 aliphatic heterocycles. The van der Waals surface area contributed by atoms with Gasteiger partial charge in [-0.2, -0.15) is 0 Å². The first-order valence-electron chi connectivity index (χ1n) is 10.0. The molecule has 0 aromatic carbocycles. The van der Waals surface area contributed by atoms with Crippen molar-refractivity contribution >= 4 is 23.2 Å². The van der Waals surface area contributed by atoms with Gasteiger partial charge in [0.05, 0.1) is 6.10 Å². The Morgan fingerprint density at radius 2 is 2.11 bits per heavy atom. The number of allylic oxidation sites excluding steroid dienone is 4. The maximum Gasteiger partial charge on any atom is 0.231 e. The van der Waals surface area contributed by atoms with Crippen molar-refractivity contribution in [2.45, 2.75) is 58.2 Å². The fraction of sp³-hybridized carbons (Fsp3) is 0.727. The van der Waals surface area contributed by atoms with Crippen molar-refractivity contribution in [2.75, 3.05) is 0 Å². The van der Waals surface area contributed by atoms with Gasteiger partial charge in [0.1, 0.15) is 0 Å². The number of ketones is 2. The minimum absolute atomic E-state index is 0.0207. The number of hydrogen-bond acceptors (Lipinski definition) is 3. The number of carbonyl (C=O) groups is 2. The molecule has 27 heavy (non-hydrogen) atoms. The van der Waals surface area contributed by atoms with Crippen LogP contribution in [0.15, 0.2) is 23.8 Å². The molecule has 3 fully saturated rings. The summed E-state index contributed by atoms with van der Waals surface area (Å²) < 4.78 is 13.7. The molecule has 9 atom stereocenters. The minimum atomic E-state index is -1.98. The Bertz CT molecular complexity index is 744. The monoisotopic (exact) mass is 394 g/mol. The standard InChI is InChI=1S/C22H28ClFO3/c1-11-8-15-14-5-4-12-9-13(25)6-7-21(12,2)18(14)16(26)10-22(15,3)17(11)19(27)20(23)24/h6-7,9,11,14-18,20,26H,4-5,8,10H2,1-3H3/t11-,14-,15-,16+,17+,18+,20?,21-,22-/m0/s1. The Morgan fingerprint density at radius 3 is 2.78 bits per heavy atom. The number of Topliss-reactive ketones (excluding diaryl/α,β-unsaturated/α-hetero) is 1. The number of fused-ring (bicyclic) bond motifs is 5. The molecule has 0 aromatic heterocycles. The average Bonchev–Trinajstić information content (AvgIpc) is 2.84. The number of aliphatic hydroxyl groups is 1. The maximum atomic E-state index is 13.7.